The smallest absolute Gasteiger partial charge is 0.264 e. The Bertz CT molecular complexity index is 1730. The number of pyridine rings is 1. The summed E-state index contributed by atoms with van der Waals surface area (Å²) >= 11 is 0. The van der Waals surface area contributed by atoms with Crippen LogP contribution in [0.25, 0.3) is 22.1 Å². The maximum absolute atomic E-state index is 13.9. The molecule has 0 saturated heterocycles. The third-order valence-corrected chi connectivity index (χ3v) is 5.86. The second kappa shape index (κ2) is 9.37. The lowest BCUT2D eigenvalue weighted by molar-refractivity contribution is 0.0941. The number of hydrogen-bond acceptors (Lipinski definition) is 6. The molecular weight excluding hydrogens is 454 g/mol. The van der Waals surface area contributed by atoms with Gasteiger partial charge in [-0.05, 0) is 42.6 Å². The van der Waals surface area contributed by atoms with E-state index < -0.39 is 11.9 Å². The number of nitrogen functional groups attached to an aromatic ring is 1. The number of carbonyl (C=O) groups excluding carboxylic acids is 1. The fraction of sp³-hybridized carbons (Fsp3) is 0.111. The SMILES string of the molecule is CC(NC(=O)c1c(N)nn2cccnc12)c1cc2cccc(C#CCN)c2c(=O)n1-c1ccccc1. The van der Waals surface area contributed by atoms with Crippen LogP contribution in [0, 0.1) is 11.8 Å². The van der Waals surface area contributed by atoms with Crippen molar-refractivity contribution < 1.29 is 4.79 Å². The monoisotopic (exact) mass is 477 g/mol. The molecule has 1 unspecified atom stereocenters. The van der Waals surface area contributed by atoms with Gasteiger partial charge in [-0.2, -0.15) is 0 Å². The van der Waals surface area contributed by atoms with Gasteiger partial charge >= 0.3 is 0 Å². The van der Waals surface area contributed by atoms with Gasteiger partial charge in [0.15, 0.2) is 11.5 Å². The first-order valence-corrected chi connectivity index (χ1v) is 11.3. The minimum absolute atomic E-state index is 0.0699. The van der Waals surface area contributed by atoms with Crippen LogP contribution in [0.15, 0.2) is 77.9 Å². The summed E-state index contributed by atoms with van der Waals surface area (Å²) in [6.07, 6.45) is 3.23. The number of amides is 1. The number of carbonyl (C=O) groups is 1. The summed E-state index contributed by atoms with van der Waals surface area (Å²) in [5, 5.41) is 8.33. The summed E-state index contributed by atoms with van der Waals surface area (Å²) in [6, 6.07) is 17.8. The van der Waals surface area contributed by atoms with Crippen LogP contribution in [0.3, 0.4) is 0 Å². The van der Waals surface area contributed by atoms with Gasteiger partial charge in [0.2, 0.25) is 0 Å². The fourth-order valence-corrected chi connectivity index (χ4v) is 4.26. The van der Waals surface area contributed by atoms with Crippen molar-refractivity contribution >= 4 is 28.1 Å². The molecule has 0 aliphatic carbocycles. The van der Waals surface area contributed by atoms with Crippen molar-refractivity contribution in [2.75, 3.05) is 12.3 Å². The second-order valence-corrected chi connectivity index (χ2v) is 8.16. The predicted molar refractivity (Wildman–Crippen MR) is 139 cm³/mol. The molecule has 9 heteroatoms. The Morgan fingerprint density at radius 2 is 1.94 bits per heavy atom. The molecule has 1 amide bonds. The van der Waals surface area contributed by atoms with Crippen LogP contribution < -0.4 is 22.3 Å². The van der Waals surface area contributed by atoms with Gasteiger partial charge in [0.05, 0.1) is 18.0 Å². The van der Waals surface area contributed by atoms with Crippen LogP contribution >= 0.6 is 0 Å². The highest BCUT2D eigenvalue weighted by molar-refractivity contribution is 6.04. The Hall–Kier alpha value is -4.94. The van der Waals surface area contributed by atoms with E-state index in [1.165, 1.54) is 4.52 Å². The Morgan fingerprint density at radius 3 is 2.72 bits per heavy atom. The Labute approximate surface area is 206 Å². The van der Waals surface area contributed by atoms with E-state index in [0.29, 0.717) is 33.4 Å². The average Bonchev–Trinajstić information content (AvgIpc) is 3.23. The lowest BCUT2D eigenvalue weighted by Gasteiger charge is -2.21. The van der Waals surface area contributed by atoms with Gasteiger partial charge < -0.3 is 16.8 Å². The van der Waals surface area contributed by atoms with Gasteiger partial charge in [-0.15, -0.1) is 5.10 Å². The third kappa shape index (κ3) is 3.96. The molecule has 0 spiro atoms. The fourth-order valence-electron chi connectivity index (χ4n) is 4.26. The molecule has 36 heavy (non-hydrogen) atoms. The maximum Gasteiger partial charge on any atom is 0.264 e. The molecule has 0 fully saturated rings. The highest BCUT2D eigenvalue weighted by Gasteiger charge is 2.23. The molecule has 5 aromatic rings. The number of benzene rings is 2. The van der Waals surface area contributed by atoms with Crippen LogP contribution in [-0.2, 0) is 0 Å². The molecule has 0 radical (unpaired) electrons. The molecule has 2 aromatic carbocycles. The lowest BCUT2D eigenvalue weighted by atomic mass is 10.0. The minimum atomic E-state index is -0.563. The van der Waals surface area contributed by atoms with E-state index in [1.807, 2.05) is 55.5 Å². The van der Waals surface area contributed by atoms with Gasteiger partial charge in [0.25, 0.3) is 11.5 Å². The molecule has 1 atom stereocenters. The Balaban J connectivity index is 1.66. The van der Waals surface area contributed by atoms with Crippen molar-refractivity contribution in [1.82, 2.24) is 24.5 Å². The van der Waals surface area contributed by atoms with Gasteiger partial charge in [-0.25, -0.2) is 9.50 Å². The maximum atomic E-state index is 13.9. The number of hydrogen-bond donors (Lipinski definition) is 3. The number of aromatic nitrogens is 4. The Morgan fingerprint density at radius 1 is 1.14 bits per heavy atom. The molecule has 0 aliphatic heterocycles. The van der Waals surface area contributed by atoms with Gasteiger partial charge in [0, 0.05) is 29.3 Å². The van der Waals surface area contributed by atoms with Crippen molar-refractivity contribution in [2.45, 2.75) is 13.0 Å². The highest BCUT2D eigenvalue weighted by atomic mass is 16.2. The summed E-state index contributed by atoms with van der Waals surface area (Å²) in [6.45, 7) is 2.00. The zero-order valence-electron chi connectivity index (χ0n) is 19.5. The summed E-state index contributed by atoms with van der Waals surface area (Å²) in [5.74, 6) is 5.46. The van der Waals surface area contributed by atoms with Crippen molar-refractivity contribution in [3.05, 3.63) is 100 Å². The zero-order valence-corrected chi connectivity index (χ0v) is 19.5. The molecule has 178 valence electrons. The van der Waals surface area contributed by atoms with Crippen molar-refractivity contribution in [3.63, 3.8) is 0 Å². The normalized spacial score (nSPS) is 11.7. The van der Waals surface area contributed by atoms with Crippen molar-refractivity contribution in [2.24, 2.45) is 5.73 Å². The first-order chi connectivity index (χ1) is 17.5. The van der Waals surface area contributed by atoms with E-state index in [-0.39, 0.29) is 23.5 Å². The van der Waals surface area contributed by atoms with E-state index in [4.69, 9.17) is 11.5 Å². The molecular formula is C27H23N7O2. The van der Waals surface area contributed by atoms with Crippen molar-refractivity contribution in [1.29, 1.82) is 0 Å². The lowest BCUT2D eigenvalue weighted by Crippen LogP contribution is -2.32. The largest absolute Gasteiger partial charge is 0.381 e. The van der Waals surface area contributed by atoms with E-state index in [2.05, 4.69) is 27.2 Å². The van der Waals surface area contributed by atoms with Crippen LogP contribution in [-0.4, -0.2) is 31.6 Å². The number of rotatable bonds is 4. The van der Waals surface area contributed by atoms with Gasteiger partial charge in [0.1, 0.15) is 5.56 Å². The molecule has 9 nitrogen and oxygen atoms in total. The number of fused-ring (bicyclic) bond motifs is 2. The van der Waals surface area contributed by atoms with Crippen molar-refractivity contribution in [3.8, 4) is 17.5 Å². The first kappa shape index (κ1) is 22.8. The summed E-state index contributed by atoms with van der Waals surface area (Å²) in [5.41, 5.74) is 13.7. The standard InChI is InChI=1S/C27H23N7O2/c1-17(31-26(35)23-24(29)32-33-15-7-14-30-25(23)33)21-16-19-9-5-8-18(10-6-13-28)22(19)27(36)34(21)20-11-3-2-4-12-20/h2-5,7-9,11-12,14-17H,13,28H2,1H3,(H2,29,32)(H,31,35). The first-order valence-electron chi connectivity index (χ1n) is 11.3. The van der Waals surface area contributed by atoms with Gasteiger partial charge in [-0.1, -0.05) is 42.2 Å². The molecule has 0 saturated carbocycles. The zero-order chi connectivity index (χ0) is 25.2. The van der Waals surface area contributed by atoms with Crippen LogP contribution in [0.2, 0.25) is 0 Å². The van der Waals surface area contributed by atoms with Gasteiger partial charge in [-0.3, -0.25) is 14.2 Å². The second-order valence-electron chi connectivity index (χ2n) is 8.16. The number of anilines is 1. The molecule has 3 aromatic heterocycles. The van der Waals surface area contributed by atoms with E-state index in [9.17, 15) is 9.59 Å². The number of nitrogens with two attached hydrogens (primary N) is 2. The third-order valence-electron chi connectivity index (χ3n) is 5.86. The minimum Gasteiger partial charge on any atom is -0.381 e. The summed E-state index contributed by atoms with van der Waals surface area (Å²) < 4.78 is 3.05. The number of nitrogens with zero attached hydrogens (tertiary/aromatic N) is 4. The van der Waals surface area contributed by atoms with Crippen LogP contribution in [0.4, 0.5) is 5.82 Å². The molecule has 3 heterocycles. The summed E-state index contributed by atoms with van der Waals surface area (Å²) in [4.78, 5) is 31.4. The summed E-state index contributed by atoms with van der Waals surface area (Å²) in [7, 11) is 0. The number of para-hydroxylation sites is 1. The molecule has 0 aliphatic rings. The topological polar surface area (TPSA) is 133 Å². The predicted octanol–water partition coefficient (Wildman–Crippen LogP) is 2.42. The van der Waals surface area contributed by atoms with Crippen LogP contribution in [0.1, 0.15) is 34.6 Å². The van der Waals surface area contributed by atoms with E-state index in [0.717, 1.165) is 0 Å². The Kier molecular flexibility index (Phi) is 5.94. The highest BCUT2D eigenvalue weighted by Crippen LogP contribution is 2.24. The molecule has 5 rings (SSSR count). The average molecular weight is 478 g/mol. The quantitative estimate of drug-likeness (QED) is 0.341. The molecule has 5 N–H and O–H groups in total. The van der Waals surface area contributed by atoms with Crippen LogP contribution in [0.5, 0.6) is 0 Å². The number of nitrogens with one attached hydrogen (secondary N) is 1. The molecule has 0 bridgehead atoms. The van der Waals surface area contributed by atoms with E-state index in [1.54, 1.807) is 29.1 Å². The van der Waals surface area contributed by atoms with E-state index >= 15 is 0 Å².